The zero-order valence-corrected chi connectivity index (χ0v) is 12.7. The normalized spacial score (nSPS) is 12.2. The lowest BCUT2D eigenvalue weighted by Gasteiger charge is -2.19. The maximum Gasteiger partial charge on any atom is 0.240 e. The molecule has 4 nitrogen and oxygen atoms in total. The van der Waals surface area contributed by atoms with E-state index in [2.05, 4.69) is 10.2 Å². The van der Waals surface area contributed by atoms with Crippen molar-refractivity contribution < 1.29 is 4.79 Å². The van der Waals surface area contributed by atoms with E-state index in [-0.39, 0.29) is 11.2 Å². The van der Waals surface area contributed by atoms with Crippen molar-refractivity contribution in [3.05, 3.63) is 40.9 Å². The fraction of sp³-hybridized carbons (Fsp3) is 0.308. The minimum atomic E-state index is -0.274. The van der Waals surface area contributed by atoms with E-state index in [1.54, 1.807) is 19.0 Å². The van der Waals surface area contributed by atoms with Gasteiger partial charge in [0.1, 0.15) is 10.3 Å². The minimum Gasteiger partial charge on any atom is -0.348 e. The fourth-order valence-electron chi connectivity index (χ4n) is 1.55. The van der Waals surface area contributed by atoms with Crippen LogP contribution in [0.1, 0.15) is 15.8 Å². The van der Waals surface area contributed by atoms with Crippen LogP contribution in [0.4, 0.5) is 0 Å². The summed E-state index contributed by atoms with van der Waals surface area (Å²) in [4.78, 5) is 13.9. The third kappa shape index (κ3) is 3.54. The second-order valence-corrected chi connectivity index (χ2v) is 6.76. The van der Waals surface area contributed by atoms with Crippen LogP contribution in [0.2, 0.25) is 0 Å². The molecular formula is C13H15N3OS2. The van der Waals surface area contributed by atoms with Crippen LogP contribution in [0.25, 0.3) is 0 Å². The van der Waals surface area contributed by atoms with Crippen LogP contribution < -0.4 is 0 Å². The maximum absolute atomic E-state index is 12.3. The van der Waals surface area contributed by atoms with E-state index < -0.39 is 0 Å². The van der Waals surface area contributed by atoms with Crippen molar-refractivity contribution in [2.45, 2.75) is 16.5 Å². The number of thioether (sulfide) groups is 1. The Bertz CT molecular complexity index is 554. The molecule has 0 fully saturated rings. The number of aryl methyl sites for hydroxylation is 1. The molecule has 0 aliphatic rings. The van der Waals surface area contributed by atoms with Crippen molar-refractivity contribution in [1.29, 1.82) is 0 Å². The summed E-state index contributed by atoms with van der Waals surface area (Å²) in [6.07, 6.45) is 0. The highest BCUT2D eigenvalue weighted by atomic mass is 32.2. The number of nitrogens with zero attached hydrogens (tertiary/aromatic N) is 3. The molecule has 0 saturated heterocycles. The van der Waals surface area contributed by atoms with Gasteiger partial charge in [0.2, 0.25) is 5.91 Å². The van der Waals surface area contributed by atoms with Gasteiger partial charge in [-0.2, -0.15) is 0 Å². The molecule has 0 N–H and O–H groups in total. The smallest absolute Gasteiger partial charge is 0.240 e. The molecule has 1 amide bonds. The molecule has 100 valence electrons. The standard InChI is InChI=1S/C13H15N3OS2/c1-9-14-15-13(18-9)19-11(12(17)16(2)3)10-7-5-4-6-8-10/h4-8,11H,1-3H3. The lowest BCUT2D eigenvalue weighted by atomic mass is 10.1. The van der Waals surface area contributed by atoms with Gasteiger partial charge >= 0.3 is 0 Å². The van der Waals surface area contributed by atoms with Crippen molar-refractivity contribution in [2.75, 3.05) is 14.1 Å². The monoisotopic (exact) mass is 293 g/mol. The van der Waals surface area contributed by atoms with E-state index in [9.17, 15) is 4.79 Å². The second-order valence-electron chi connectivity index (χ2n) is 4.23. The lowest BCUT2D eigenvalue weighted by molar-refractivity contribution is -0.128. The predicted octanol–water partition coefficient (Wildman–Crippen LogP) is 2.77. The average molecular weight is 293 g/mol. The quantitative estimate of drug-likeness (QED) is 0.813. The fourth-order valence-corrected chi connectivity index (χ4v) is 3.70. The van der Waals surface area contributed by atoms with Crippen molar-refractivity contribution in [2.24, 2.45) is 0 Å². The van der Waals surface area contributed by atoms with Crippen molar-refractivity contribution >= 4 is 29.0 Å². The third-order valence-electron chi connectivity index (χ3n) is 2.49. The van der Waals surface area contributed by atoms with Gasteiger partial charge in [-0.3, -0.25) is 4.79 Å². The molecule has 0 saturated carbocycles. The molecular weight excluding hydrogens is 278 g/mol. The number of hydrogen-bond donors (Lipinski definition) is 0. The Balaban J connectivity index is 2.27. The van der Waals surface area contributed by atoms with Gasteiger partial charge < -0.3 is 4.90 Å². The van der Waals surface area contributed by atoms with E-state index in [1.807, 2.05) is 37.3 Å². The number of amides is 1. The highest BCUT2D eigenvalue weighted by Gasteiger charge is 2.24. The molecule has 1 aromatic carbocycles. The summed E-state index contributed by atoms with van der Waals surface area (Å²) in [6, 6.07) is 9.76. The van der Waals surface area contributed by atoms with Crippen LogP contribution in [-0.4, -0.2) is 35.1 Å². The van der Waals surface area contributed by atoms with Gasteiger partial charge in [-0.1, -0.05) is 53.4 Å². The topological polar surface area (TPSA) is 46.1 Å². The summed E-state index contributed by atoms with van der Waals surface area (Å²) in [7, 11) is 3.54. The van der Waals surface area contributed by atoms with Gasteiger partial charge in [0, 0.05) is 14.1 Å². The van der Waals surface area contributed by atoms with Gasteiger partial charge in [0.15, 0.2) is 4.34 Å². The van der Waals surface area contributed by atoms with Gasteiger partial charge in [0.25, 0.3) is 0 Å². The van der Waals surface area contributed by atoms with Crippen LogP contribution in [0.5, 0.6) is 0 Å². The molecule has 1 unspecified atom stereocenters. The Kier molecular flexibility index (Phi) is 4.55. The lowest BCUT2D eigenvalue weighted by Crippen LogP contribution is -2.26. The number of aromatic nitrogens is 2. The molecule has 2 rings (SSSR count). The molecule has 0 radical (unpaired) electrons. The van der Waals surface area contributed by atoms with Crippen LogP contribution in [0.3, 0.4) is 0 Å². The van der Waals surface area contributed by atoms with Crippen LogP contribution >= 0.6 is 23.1 Å². The molecule has 0 bridgehead atoms. The number of rotatable bonds is 4. The summed E-state index contributed by atoms with van der Waals surface area (Å²) < 4.78 is 0.821. The molecule has 0 spiro atoms. The summed E-state index contributed by atoms with van der Waals surface area (Å²) in [5, 5.41) is 8.71. The van der Waals surface area contributed by atoms with Crippen LogP contribution in [0.15, 0.2) is 34.7 Å². The van der Waals surface area contributed by atoms with Gasteiger partial charge in [0.05, 0.1) is 0 Å². The maximum atomic E-state index is 12.3. The SMILES string of the molecule is Cc1nnc(SC(C(=O)N(C)C)c2ccccc2)s1. The predicted molar refractivity (Wildman–Crippen MR) is 78.4 cm³/mol. The van der Waals surface area contributed by atoms with Gasteiger partial charge in [-0.05, 0) is 12.5 Å². The Morgan fingerprint density at radius 1 is 1.26 bits per heavy atom. The van der Waals surface area contributed by atoms with Gasteiger partial charge in [-0.15, -0.1) is 10.2 Å². The number of carbonyl (C=O) groups is 1. The molecule has 2 aromatic rings. The molecule has 0 aliphatic carbocycles. The third-order valence-corrected chi connectivity index (χ3v) is 4.66. The van der Waals surface area contributed by atoms with Crippen molar-refractivity contribution in [3.63, 3.8) is 0 Å². The average Bonchev–Trinajstić information content (AvgIpc) is 2.81. The molecule has 1 heterocycles. The first-order chi connectivity index (χ1) is 9.08. The summed E-state index contributed by atoms with van der Waals surface area (Å²) >= 11 is 2.96. The highest BCUT2D eigenvalue weighted by molar-refractivity contribution is 8.01. The Labute approximate surface area is 120 Å². The molecule has 1 aromatic heterocycles. The Morgan fingerprint density at radius 3 is 2.47 bits per heavy atom. The summed E-state index contributed by atoms with van der Waals surface area (Å²) in [5.41, 5.74) is 0.985. The van der Waals surface area contributed by atoms with Gasteiger partial charge in [-0.25, -0.2) is 0 Å². The first-order valence-corrected chi connectivity index (χ1v) is 7.50. The highest BCUT2D eigenvalue weighted by Crippen LogP contribution is 2.37. The van der Waals surface area contributed by atoms with Crippen LogP contribution in [-0.2, 0) is 4.79 Å². The number of carbonyl (C=O) groups excluding carboxylic acids is 1. The van der Waals surface area contributed by atoms with Crippen molar-refractivity contribution in [3.8, 4) is 0 Å². The zero-order valence-electron chi connectivity index (χ0n) is 11.0. The molecule has 6 heteroatoms. The first-order valence-electron chi connectivity index (χ1n) is 5.81. The largest absolute Gasteiger partial charge is 0.348 e. The first kappa shape index (κ1) is 14.0. The van der Waals surface area contributed by atoms with E-state index >= 15 is 0 Å². The van der Waals surface area contributed by atoms with E-state index in [0.717, 1.165) is 14.9 Å². The number of benzene rings is 1. The summed E-state index contributed by atoms with van der Waals surface area (Å²) in [5.74, 6) is 0.0593. The minimum absolute atomic E-state index is 0.0593. The second kappa shape index (κ2) is 6.16. The molecule has 19 heavy (non-hydrogen) atoms. The molecule has 0 aliphatic heterocycles. The zero-order chi connectivity index (χ0) is 13.8. The van der Waals surface area contributed by atoms with E-state index in [1.165, 1.54) is 23.1 Å². The number of hydrogen-bond acceptors (Lipinski definition) is 5. The van der Waals surface area contributed by atoms with E-state index in [4.69, 9.17) is 0 Å². The summed E-state index contributed by atoms with van der Waals surface area (Å²) in [6.45, 7) is 1.91. The molecule has 1 atom stereocenters. The number of likely N-dealkylation sites (N-methyl/N-ethyl adjacent to an activating group) is 1. The Hall–Kier alpha value is -1.40. The van der Waals surface area contributed by atoms with Crippen LogP contribution in [0, 0.1) is 6.92 Å². The Morgan fingerprint density at radius 2 is 1.95 bits per heavy atom. The van der Waals surface area contributed by atoms with E-state index in [0.29, 0.717) is 0 Å². The van der Waals surface area contributed by atoms with Crippen molar-refractivity contribution in [1.82, 2.24) is 15.1 Å².